The highest BCUT2D eigenvalue weighted by atomic mass is 32.2. The highest BCUT2D eigenvalue weighted by molar-refractivity contribution is 7.91. The van der Waals surface area contributed by atoms with Crippen LogP contribution in [0.5, 0.6) is 0 Å². The van der Waals surface area contributed by atoms with Crippen LogP contribution in [-0.4, -0.2) is 32.6 Å². The molecule has 0 saturated carbocycles. The van der Waals surface area contributed by atoms with Crippen molar-refractivity contribution in [2.45, 2.75) is 42.2 Å². The Labute approximate surface area is 223 Å². The minimum atomic E-state index is -3.87. The smallest absolute Gasteiger partial charge is 0.207 e. The summed E-state index contributed by atoms with van der Waals surface area (Å²) in [5.74, 6) is -0.804. The van der Waals surface area contributed by atoms with Crippen LogP contribution in [-0.2, 0) is 21.3 Å². The van der Waals surface area contributed by atoms with E-state index in [0.29, 0.717) is 23.6 Å². The molecule has 0 aliphatic carbocycles. The lowest BCUT2D eigenvalue weighted by atomic mass is 10.1. The van der Waals surface area contributed by atoms with Gasteiger partial charge in [0, 0.05) is 44.3 Å². The lowest BCUT2D eigenvalue weighted by molar-refractivity contribution is 0.0882. The van der Waals surface area contributed by atoms with Crippen LogP contribution in [0.1, 0.15) is 11.1 Å². The van der Waals surface area contributed by atoms with Crippen LogP contribution in [0, 0.1) is 11.6 Å². The van der Waals surface area contributed by atoms with E-state index in [1.807, 2.05) is 0 Å². The third kappa shape index (κ3) is 6.72. The molecule has 0 saturated heterocycles. The molecule has 0 spiro atoms. The van der Waals surface area contributed by atoms with Crippen LogP contribution in [0.25, 0.3) is 23.5 Å². The summed E-state index contributed by atoms with van der Waals surface area (Å²) in [5, 5.41) is 0. The molecular weight excluding hydrogens is 522 g/mol. The molecule has 0 aliphatic rings. The van der Waals surface area contributed by atoms with Crippen molar-refractivity contribution < 1.29 is 21.9 Å². The average Bonchev–Trinajstić information content (AvgIpc) is 3.34. The Balaban J connectivity index is 1.56. The molecule has 0 N–H and O–H groups in total. The molecule has 1 aromatic heterocycles. The Morgan fingerprint density at radius 1 is 0.974 bits per heavy atom. The van der Waals surface area contributed by atoms with Gasteiger partial charge in [0.25, 0.3) is 0 Å². The second-order valence-electron chi connectivity index (χ2n) is 10.1. The summed E-state index contributed by atoms with van der Waals surface area (Å²) in [6, 6.07) is 17.5. The van der Waals surface area contributed by atoms with E-state index in [0.717, 1.165) is 12.1 Å². The number of imidazole rings is 1. The maximum Gasteiger partial charge on any atom is 0.207 e. The first kappa shape index (κ1) is 27.6. The van der Waals surface area contributed by atoms with Gasteiger partial charge in [-0.2, -0.15) is 0 Å². The molecule has 0 amide bonds. The van der Waals surface area contributed by atoms with Gasteiger partial charge in [-0.15, -0.1) is 0 Å². The maximum atomic E-state index is 13.9. The van der Waals surface area contributed by atoms with Gasteiger partial charge in [-0.1, -0.05) is 56.1 Å². The Bertz CT molecular complexity index is 1540. The summed E-state index contributed by atoms with van der Waals surface area (Å²) >= 11 is 0. The van der Waals surface area contributed by atoms with Gasteiger partial charge >= 0.3 is 0 Å². The van der Waals surface area contributed by atoms with Crippen LogP contribution in [0.3, 0.4) is 0 Å². The molecule has 9 heteroatoms. The first-order valence-corrected chi connectivity index (χ1v) is 17.4. The summed E-state index contributed by atoms with van der Waals surface area (Å²) in [7, 11) is -5.09. The lowest BCUT2D eigenvalue weighted by Crippen LogP contribution is -2.22. The predicted octanol–water partition coefficient (Wildman–Crippen LogP) is 7.14. The molecule has 0 aliphatic heterocycles. The fourth-order valence-electron chi connectivity index (χ4n) is 3.79. The van der Waals surface area contributed by atoms with Crippen molar-refractivity contribution in [1.82, 2.24) is 9.55 Å². The van der Waals surface area contributed by atoms with Crippen molar-refractivity contribution in [1.29, 1.82) is 0 Å². The van der Waals surface area contributed by atoms with Crippen molar-refractivity contribution in [3.05, 3.63) is 102 Å². The van der Waals surface area contributed by atoms with E-state index in [1.165, 1.54) is 30.3 Å². The van der Waals surface area contributed by atoms with Crippen LogP contribution in [0.4, 0.5) is 8.78 Å². The molecule has 4 aromatic rings. The van der Waals surface area contributed by atoms with Crippen LogP contribution in [0.15, 0.2) is 88.9 Å². The fraction of sp³-hybridized carbons (Fsp3) is 0.207. The number of aromatic nitrogens is 2. The minimum Gasteiger partial charge on any atom is -0.361 e. The number of halogens is 2. The minimum absolute atomic E-state index is 0.125. The number of nitrogens with zero attached hydrogens (tertiary/aromatic N) is 2. The summed E-state index contributed by atoms with van der Waals surface area (Å²) in [6.07, 6.45) is 6.56. The predicted molar refractivity (Wildman–Crippen MR) is 149 cm³/mol. The third-order valence-corrected chi connectivity index (χ3v) is 9.50. The van der Waals surface area contributed by atoms with Crippen molar-refractivity contribution in [2.24, 2.45) is 0 Å². The van der Waals surface area contributed by atoms with E-state index in [2.05, 4.69) is 24.6 Å². The highest BCUT2D eigenvalue weighted by Gasteiger charge is 2.23. The molecule has 0 bridgehead atoms. The molecule has 0 radical (unpaired) electrons. The maximum absolute atomic E-state index is 13.9. The third-order valence-electron chi connectivity index (χ3n) is 5.97. The van der Waals surface area contributed by atoms with E-state index >= 15 is 0 Å². The summed E-state index contributed by atoms with van der Waals surface area (Å²) in [6.45, 7) is 7.78. The molecule has 198 valence electrons. The molecule has 0 fully saturated rings. The Morgan fingerprint density at radius 2 is 1.71 bits per heavy atom. The Hall–Kier alpha value is -3.40. The summed E-state index contributed by atoms with van der Waals surface area (Å²) in [5.41, 5.74) is 1.39. The number of ether oxygens (including phenoxy) is 1. The summed E-state index contributed by atoms with van der Waals surface area (Å²) in [4.78, 5) is 4.69. The average molecular weight is 553 g/mol. The topological polar surface area (TPSA) is 61.2 Å². The number of sulfone groups is 1. The Kier molecular flexibility index (Phi) is 8.40. The van der Waals surface area contributed by atoms with Gasteiger partial charge < -0.3 is 9.30 Å². The zero-order valence-corrected chi connectivity index (χ0v) is 23.4. The second-order valence-corrected chi connectivity index (χ2v) is 17.7. The highest BCUT2D eigenvalue weighted by Crippen LogP contribution is 2.31. The number of rotatable bonds is 10. The van der Waals surface area contributed by atoms with Crippen molar-refractivity contribution in [2.75, 3.05) is 6.61 Å². The van der Waals surface area contributed by atoms with Crippen LogP contribution >= 0.6 is 0 Å². The van der Waals surface area contributed by atoms with Gasteiger partial charge in [-0.05, 0) is 48.0 Å². The largest absolute Gasteiger partial charge is 0.361 e. The first-order chi connectivity index (χ1) is 18.0. The molecule has 4 rings (SSSR count). The Morgan fingerprint density at radius 3 is 2.42 bits per heavy atom. The summed E-state index contributed by atoms with van der Waals surface area (Å²) < 4.78 is 62.0. The first-order valence-electron chi connectivity index (χ1n) is 12.2. The van der Waals surface area contributed by atoms with Crippen molar-refractivity contribution in [3.8, 4) is 11.4 Å². The molecule has 5 nitrogen and oxygen atoms in total. The second kappa shape index (κ2) is 11.5. The zero-order chi connectivity index (χ0) is 27.3. The molecular formula is C29H30F2N2O3SSi. The molecule has 0 unspecified atom stereocenters. The van der Waals surface area contributed by atoms with Crippen LogP contribution in [0.2, 0.25) is 25.7 Å². The molecule has 0 atom stereocenters. The standard InChI is InChI=1S/C29H30F2N2O3SSi/c1-38(2,3)19-18-36-21-33-17-16-32-29(33)26-6-4-5-7-28(26)37(34,35)25-14-9-22(10-15-25)8-11-23-12-13-24(30)20-27(23)31/h4-17,20H,18-19,21H2,1-3H3/b11-8+. The van der Waals surface area contributed by atoms with Gasteiger partial charge in [0.1, 0.15) is 24.2 Å². The van der Waals surface area contributed by atoms with Gasteiger partial charge in [0.2, 0.25) is 9.84 Å². The quantitative estimate of drug-likeness (QED) is 0.119. The zero-order valence-electron chi connectivity index (χ0n) is 21.6. The molecule has 38 heavy (non-hydrogen) atoms. The van der Waals surface area contributed by atoms with E-state index in [-0.39, 0.29) is 22.1 Å². The monoisotopic (exact) mass is 552 g/mol. The van der Waals surface area contributed by atoms with E-state index in [9.17, 15) is 17.2 Å². The van der Waals surface area contributed by atoms with E-state index in [4.69, 9.17) is 4.74 Å². The fourth-order valence-corrected chi connectivity index (χ4v) is 6.00. The van der Waals surface area contributed by atoms with Gasteiger partial charge in [-0.3, -0.25) is 0 Å². The number of hydrogen-bond donors (Lipinski definition) is 0. The van der Waals surface area contributed by atoms with Gasteiger partial charge in [0.05, 0.1) is 9.79 Å². The van der Waals surface area contributed by atoms with Gasteiger partial charge in [-0.25, -0.2) is 22.2 Å². The van der Waals surface area contributed by atoms with Crippen molar-refractivity contribution >= 4 is 30.1 Å². The van der Waals surface area contributed by atoms with E-state index < -0.39 is 29.5 Å². The van der Waals surface area contributed by atoms with Gasteiger partial charge in [0.15, 0.2) is 0 Å². The lowest BCUT2D eigenvalue weighted by Gasteiger charge is -2.16. The molecule has 3 aromatic carbocycles. The number of benzene rings is 3. The van der Waals surface area contributed by atoms with Crippen molar-refractivity contribution in [3.63, 3.8) is 0 Å². The number of hydrogen-bond acceptors (Lipinski definition) is 4. The normalized spacial score (nSPS) is 12.3. The van der Waals surface area contributed by atoms with E-state index in [1.54, 1.807) is 59.4 Å². The molecule has 1 heterocycles. The SMILES string of the molecule is C[Si](C)(C)CCOCn1ccnc1-c1ccccc1S(=O)(=O)c1ccc(/C=C/c2ccc(F)cc2F)cc1. The van der Waals surface area contributed by atoms with Crippen LogP contribution < -0.4 is 0 Å².